The summed E-state index contributed by atoms with van der Waals surface area (Å²) in [5.41, 5.74) is 3.92. The van der Waals surface area contributed by atoms with E-state index < -0.39 is 9.84 Å². The number of nitrogens with zero attached hydrogens (tertiary/aromatic N) is 5. The van der Waals surface area contributed by atoms with Crippen LogP contribution in [0.4, 0.5) is 0 Å². The van der Waals surface area contributed by atoms with Crippen LogP contribution in [0.1, 0.15) is 29.5 Å². The minimum absolute atomic E-state index is 0.129. The third-order valence-electron chi connectivity index (χ3n) is 4.81. The molecule has 3 aromatic rings. The van der Waals surface area contributed by atoms with Crippen LogP contribution in [0.2, 0.25) is 5.02 Å². The van der Waals surface area contributed by atoms with Crippen molar-refractivity contribution in [2.45, 2.75) is 33.2 Å². The fraction of sp³-hybridized carbons (Fsp3) is 0.438. The average Bonchev–Trinajstić information content (AvgIpc) is 3.30. The number of hydrogen-bond donors (Lipinski definition) is 1. The highest BCUT2D eigenvalue weighted by molar-refractivity contribution is 7.91. The van der Waals surface area contributed by atoms with Gasteiger partial charge in [0.15, 0.2) is 15.7 Å². The monoisotopic (exact) mass is 394 g/mol. The highest BCUT2D eigenvalue weighted by Gasteiger charge is 2.32. The second kappa shape index (κ2) is 5.95. The highest BCUT2D eigenvalue weighted by Crippen LogP contribution is 2.32. The lowest BCUT2D eigenvalue weighted by Crippen LogP contribution is -2.14. The summed E-state index contributed by atoms with van der Waals surface area (Å²) in [6.07, 6.45) is 4.11. The Labute approximate surface area is 156 Å². The molecule has 8 nitrogen and oxygen atoms in total. The van der Waals surface area contributed by atoms with E-state index in [4.69, 9.17) is 11.6 Å². The van der Waals surface area contributed by atoms with Gasteiger partial charge >= 0.3 is 0 Å². The molecule has 0 amide bonds. The van der Waals surface area contributed by atoms with E-state index in [2.05, 4.69) is 20.3 Å². The molecule has 4 heterocycles. The van der Waals surface area contributed by atoms with E-state index in [0.29, 0.717) is 23.0 Å². The lowest BCUT2D eigenvalue weighted by atomic mass is 10.2. The molecule has 0 aromatic carbocycles. The maximum Gasteiger partial charge on any atom is 0.166 e. The van der Waals surface area contributed by atoms with Crippen molar-refractivity contribution in [3.05, 3.63) is 34.5 Å². The van der Waals surface area contributed by atoms with Crippen LogP contribution in [-0.4, -0.2) is 49.5 Å². The molecular weight excluding hydrogens is 376 g/mol. The number of halogens is 1. The van der Waals surface area contributed by atoms with Crippen molar-refractivity contribution in [3.8, 4) is 17.2 Å². The molecule has 0 radical (unpaired) electrons. The third-order valence-corrected chi connectivity index (χ3v) is 7.02. The summed E-state index contributed by atoms with van der Waals surface area (Å²) in [5.74, 6) is 0.962. The van der Waals surface area contributed by atoms with Gasteiger partial charge in [0, 0.05) is 12.4 Å². The third kappa shape index (κ3) is 2.66. The summed E-state index contributed by atoms with van der Waals surface area (Å²) in [5, 5.41) is 12.3. The van der Waals surface area contributed by atoms with Gasteiger partial charge in [-0.2, -0.15) is 10.2 Å². The smallest absolute Gasteiger partial charge is 0.166 e. The van der Waals surface area contributed by atoms with Crippen molar-refractivity contribution in [1.29, 1.82) is 0 Å². The van der Waals surface area contributed by atoms with Crippen molar-refractivity contribution in [3.63, 3.8) is 0 Å². The first-order valence-corrected chi connectivity index (χ1v) is 10.5. The first kappa shape index (κ1) is 17.3. The Morgan fingerprint density at radius 3 is 2.69 bits per heavy atom. The largest absolute Gasteiger partial charge is 0.295 e. The number of sulfone groups is 1. The molecule has 0 aliphatic carbocycles. The molecule has 1 N–H and O–H groups in total. The van der Waals surface area contributed by atoms with Crippen molar-refractivity contribution >= 4 is 21.4 Å². The zero-order chi connectivity index (χ0) is 18.6. The van der Waals surface area contributed by atoms with Gasteiger partial charge in [0.25, 0.3) is 0 Å². The Balaban J connectivity index is 1.81. The molecule has 0 saturated carbocycles. The van der Waals surface area contributed by atoms with Gasteiger partial charge in [-0.05, 0) is 27.2 Å². The van der Waals surface area contributed by atoms with Gasteiger partial charge in [-0.15, -0.1) is 0 Å². The normalized spacial score (nSPS) is 19.3. The number of aryl methyl sites for hydroxylation is 2. The van der Waals surface area contributed by atoms with Crippen LogP contribution in [0.5, 0.6) is 0 Å². The van der Waals surface area contributed by atoms with E-state index >= 15 is 0 Å². The zero-order valence-electron chi connectivity index (χ0n) is 14.7. The van der Waals surface area contributed by atoms with E-state index in [0.717, 1.165) is 22.8 Å². The topological polar surface area (TPSA) is 98.5 Å². The number of rotatable bonds is 3. The van der Waals surface area contributed by atoms with Gasteiger partial charge in [0.1, 0.15) is 5.69 Å². The van der Waals surface area contributed by atoms with E-state index in [1.54, 1.807) is 6.20 Å². The molecule has 1 fully saturated rings. The molecule has 0 bridgehead atoms. The van der Waals surface area contributed by atoms with Crippen LogP contribution in [0, 0.1) is 20.8 Å². The summed E-state index contributed by atoms with van der Waals surface area (Å²) in [4.78, 5) is 4.41. The van der Waals surface area contributed by atoms with Crippen LogP contribution < -0.4 is 0 Å². The number of imidazole rings is 1. The molecule has 1 aliphatic heterocycles. The second-order valence-electron chi connectivity index (χ2n) is 6.65. The summed E-state index contributed by atoms with van der Waals surface area (Å²) < 4.78 is 27.4. The average molecular weight is 395 g/mol. The molecule has 0 spiro atoms. The minimum Gasteiger partial charge on any atom is -0.295 e. The maximum absolute atomic E-state index is 11.8. The Bertz CT molecular complexity index is 1090. The van der Waals surface area contributed by atoms with Crippen molar-refractivity contribution in [1.82, 2.24) is 29.5 Å². The molecule has 4 rings (SSSR count). The lowest BCUT2D eigenvalue weighted by molar-refractivity contribution is 0.485. The Hall–Kier alpha value is -2.13. The quantitative estimate of drug-likeness (QED) is 0.735. The number of H-pyrrole nitrogens is 1. The van der Waals surface area contributed by atoms with Gasteiger partial charge in [-0.1, -0.05) is 11.6 Å². The minimum atomic E-state index is -2.98. The van der Waals surface area contributed by atoms with Crippen LogP contribution in [0.3, 0.4) is 0 Å². The van der Waals surface area contributed by atoms with E-state index in [1.165, 1.54) is 0 Å². The lowest BCUT2D eigenvalue weighted by Gasteiger charge is -2.12. The predicted molar refractivity (Wildman–Crippen MR) is 98.5 cm³/mol. The Morgan fingerprint density at radius 1 is 1.31 bits per heavy atom. The molecule has 3 aromatic heterocycles. The number of aromatic nitrogens is 6. The van der Waals surface area contributed by atoms with Crippen LogP contribution >= 0.6 is 11.6 Å². The predicted octanol–water partition coefficient (Wildman–Crippen LogP) is 2.40. The van der Waals surface area contributed by atoms with Crippen molar-refractivity contribution in [2.75, 3.05) is 11.5 Å². The van der Waals surface area contributed by atoms with Gasteiger partial charge < -0.3 is 0 Å². The first-order chi connectivity index (χ1) is 12.3. The Morgan fingerprint density at radius 2 is 2.08 bits per heavy atom. The molecule has 1 unspecified atom stereocenters. The van der Waals surface area contributed by atoms with Crippen molar-refractivity contribution in [2.24, 2.45) is 0 Å². The van der Waals surface area contributed by atoms with E-state index in [-0.39, 0.29) is 17.5 Å². The van der Waals surface area contributed by atoms with Crippen molar-refractivity contribution < 1.29 is 8.42 Å². The molecule has 26 heavy (non-hydrogen) atoms. The summed E-state index contributed by atoms with van der Waals surface area (Å²) in [6.45, 7) is 5.70. The molecule has 138 valence electrons. The van der Waals surface area contributed by atoms with Crippen LogP contribution in [-0.2, 0) is 9.84 Å². The fourth-order valence-corrected chi connectivity index (χ4v) is 5.41. The number of nitrogens with one attached hydrogen (secondary N) is 1. The highest BCUT2D eigenvalue weighted by atomic mass is 35.5. The number of hydrogen-bond acceptors (Lipinski definition) is 5. The van der Waals surface area contributed by atoms with Crippen LogP contribution in [0.15, 0.2) is 12.4 Å². The molecular formula is C16H19ClN6O2S. The fourth-order valence-electron chi connectivity index (χ4n) is 3.55. The molecule has 1 aliphatic rings. The summed E-state index contributed by atoms with van der Waals surface area (Å²) in [7, 11) is -2.98. The van der Waals surface area contributed by atoms with Gasteiger partial charge in [0.2, 0.25) is 0 Å². The van der Waals surface area contributed by atoms with Gasteiger partial charge in [-0.25, -0.2) is 13.4 Å². The van der Waals surface area contributed by atoms with Gasteiger partial charge in [-0.3, -0.25) is 14.3 Å². The van der Waals surface area contributed by atoms with E-state index in [9.17, 15) is 8.42 Å². The first-order valence-electron chi connectivity index (χ1n) is 8.29. The summed E-state index contributed by atoms with van der Waals surface area (Å²) in [6, 6.07) is -0.129. The maximum atomic E-state index is 11.8. The molecule has 10 heteroatoms. The molecule has 1 saturated heterocycles. The molecule has 1 atom stereocenters. The standard InChI is InChI=1S/C16H19ClN6O2S/c1-9-13(17)14(20-19-9)16-18-5-6-22(16)15-10(2)21-23(11(15)3)12-4-7-26(24,25)8-12/h5-6,12H,4,7-8H2,1-3H3,(H,19,20). The van der Waals surface area contributed by atoms with Crippen LogP contribution in [0.25, 0.3) is 17.2 Å². The van der Waals surface area contributed by atoms with E-state index in [1.807, 2.05) is 36.2 Å². The number of aromatic amines is 1. The Kier molecular flexibility index (Phi) is 3.96. The van der Waals surface area contributed by atoms with Gasteiger partial charge in [0.05, 0.1) is 45.3 Å². The second-order valence-corrected chi connectivity index (χ2v) is 9.26. The summed E-state index contributed by atoms with van der Waals surface area (Å²) >= 11 is 6.34. The zero-order valence-corrected chi connectivity index (χ0v) is 16.3. The SMILES string of the molecule is Cc1nn(C2CCS(=O)(=O)C2)c(C)c1-n1ccnc1-c1n[nH]c(C)c1Cl.